The predicted molar refractivity (Wildman–Crippen MR) is 61.7 cm³/mol. The summed E-state index contributed by atoms with van der Waals surface area (Å²) in [6.45, 7) is 1.61. The van der Waals surface area contributed by atoms with Crippen molar-refractivity contribution in [1.29, 1.82) is 0 Å². The van der Waals surface area contributed by atoms with Gasteiger partial charge in [0.05, 0.1) is 0 Å². The van der Waals surface area contributed by atoms with Crippen LogP contribution in [0.1, 0.15) is 12.5 Å². The summed E-state index contributed by atoms with van der Waals surface area (Å²) in [5.74, 6) is 0. The second-order valence-electron chi connectivity index (χ2n) is 3.21. The number of ether oxygens (including phenoxy) is 1. The highest BCUT2D eigenvalue weighted by Crippen LogP contribution is 2.25. The molecular weight excluding hydrogens is 245 g/mol. The summed E-state index contributed by atoms with van der Waals surface area (Å²) in [4.78, 5) is 28.3. The van der Waals surface area contributed by atoms with Crippen LogP contribution in [0.5, 0.6) is 0 Å². The minimum absolute atomic E-state index is 0.145. The molecule has 0 aromatic heterocycles. The van der Waals surface area contributed by atoms with Crippen molar-refractivity contribution in [1.82, 2.24) is 5.32 Å². The van der Waals surface area contributed by atoms with Crippen molar-refractivity contribution in [2.45, 2.75) is 19.8 Å². The monoisotopic (exact) mass is 259 g/mol. The Bertz CT molecular complexity index is 346. The van der Waals surface area contributed by atoms with Crippen LogP contribution in [0.2, 0.25) is 0 Å². The van der Waals surface area contributed by atoms with Crippen LogP contribution < -0.4 is 5.32 Å². The Labute approximate surface area is 100 Å². The zero-order valence-corrected chi connectivity index (χ0v) is 10.1. The molecule has 0 saturated carbocycles. The molecule has 3 N–H and O–H groups in total. The number of carbonyl (C=O) groups is 1. The maximum atomic E-state index is 11.2. The summed E-state index contributed by atoms with van der Waals surface area (Å²) in [5.41, 5.74) is 0.864. The van der Waals surface area contributed by atoms with E-state index >= 15 is 0 Å². The summed E-state index contributed by atoms with van der Waals surface area (Å²) in [6.07, 6.45) is -1.50. The van der Waals surface area contributed by atoms with E-state index in [1.165, 1.54) is 6.92 Å². The maximum absolute atomic E-state index is 11.2. The van der Waals surface area contributed by atoms with Crippen LogP contribution in [0.25, 0.3) is 0 Å². The Morgan fingerprint density at radius 3 is 2.65 bits per heavy atom. The first-order valence-electron chi connectivity index (χ1n) is 4.90. The van der Waals surface area contributed by atoms with E-state index in [4.69, 9.17) is 14.5 Å². The van der Waals surface area contributed by atoms with E-state index in [0.29, 0.717) is 0 Å². The van der Waals surface area contributed by atoms with Crippen LogP contribution >= 0.6 is 8.60 Å². The molecule has 0 heterocycles. The largest absolute Gasteiger partial charge is 0.445 e. The first-order valence-corrected chi connectivity index (χ1v) is 6.06. The quantitative estimate of drug-likeness (QED) is 0.550. The molecule has 1 atom stereocenters. The molecule has 0 fully saturated rings. The third kappa shape index (κ3) is 6.19. The fraction of sp³-hybridized carbons (Fsp3) is 0.300. The molecule has 17 heavy (non-hydrogen) atoms. The molecule has 1 unspecified atom stereocenters. The van der Waals surface area contributed by atoms with E-state index in [1.807, 2.05) is 30.3 Å². The van der Waals surface area contributed by atoms with E-state index in [2.05, 4.69) is 9.84 Å². The molecule has 0 aliphatic carbocycles. The molecule has 1 aromatic rings. The lowest BCUT2D eigenvalue weighted by molar-refractivity contribution is 0.106. The van der Waals surface area contributed by atoms with Crippen molar-refractivity contribution in [3.8, 4) is 0 Å². The van der Waals surface area contributed by atoms with Crippen LogP contribution in [0.15, 0.2) is 30.3 Å². The van der Waals surface area contributed by atoms with Crippen LogP contribution in [0, 0.1) is 0 Å². The van der Waals surface area contributed by atoms with Gasteiger partial charge >= 0.3 is 14.7 Å². The minimum Gasteiger partial charge on any atom is -0.445 e. The average Bonchev–Trinajstić information content (AvgIpc) is 2.26. The highest BCUT2D eigenvalue weighted by Gasteiger charge is 2.12. The lowest BCUT2D eigenvalue weighted by Gasteiger charge is -2.14. The maximum Gasteiger partial charge on any atom is 0.409 e. The molecule has 6 nitrogen and oxygen atoms in total. The number of amides is 1. The number of nitrogens with one attached hydrogen (secondary N) is 1. The molecule has 0 radical (unpaired) electrons. The SMILES string of the molecule is CC(NC(=O)OCc1ccccc1)OP(O)O. The fourth-order valence-corrected chi connectivity index (χ4v) is 1.43. The zero-order chi connectivity index (χ0) is 12.7. The number of benzene rings is 1. The zero-order valence-electron chi connectivity index (χ0n) is 9.24. The number of hydrogen-bond acceptors (Lipinski definition) is 5. The number of hydrogen-bond donors (Lipinski definition) is 3. The van der Waals surface area contributed by atoms with Crippen molar-refractivity contribution in [2.24, 2.45) is 0 Å². The van der Waals surface area contributed by atoms with Gasteiger partial charge in [-0.15, -0.1) is 0 Å². The number of alkyl carbamates (subject to hydrolysis) is 1. The van der Waals surface area contributed by atoms with Crippen LogP contribution in [-0.2, 0) is 15.9 Å². The Kier molecular flexibility index (Phi) is 5.86. The Morgan fingerprint density at radius 1 is 1.41 bits per heavy atom. The van der Waals surface area contributed by atoms with Gasteiger partial charge < -0.3 is 14.5 Å². The molecule has 1 aromatic carbocycles. The van der Waals surface area contributed by atoms with Gasteiger partial charge in [-0.1, -0.05) is 30.3 Å². The van der Waals surface area contributed by atoms with Crippen LogP contribution in [0.4, 0.5) is 4.79 Å². The third-order valence-corrected chi connectivity index (χ3v) is 2.29. The Morgan fingerprint density at radius 2 is 2.06 bits per heavy atom. The van der Waals surface area contributed by atoms with Gasteiger partial charge in [-0.05, 0) is 12.5 Å². The van der Waals surface area contributed by atoms with E-state index in [-0.39, 0.29) is 6.61 Å². The van der Waals surface area contributed by atoms with E-state index in [0.717, 1.165) is 5.56 Å². The van der Waals surface area contributed by atoms with Crippen molar-refractivity contribution in [2.75, 3.05) is 0 Å². The summed E-state index contributed by atoms with van der Waals surface area (Å²) in [5, 5.41) is 2.29. The van der Waals surface area contributed by atoms with Gasteiger partial charge in [-0.3, -0.25) is 9.84 Å². The van der Waals surface area contributed by atoms with Gasteiger partial charge in [0, 0.05) is 0 Å². The van der Waals surface area contributed by atoms with Gasteiger partial charge in [-0.2, -0.15) is 0 Å². The van der Waals surface area contributed by atoms with Gasteiger partial charge in [0.2, 0.25) is 0 Å². The topological polar surface area (TPSA) is 88.0 Å². The second-order valence-corrected chi connectivity index (χ2v) is 3.92. The number of rotatable bonds is 5. The lowest BCUT2D eigenvalue weighted by atomic mass is 10.2. The van der Waals surface area contributed by atoms with Crippen molar-refractivity contribution >= 4 is 14.7 Å². The Balaban J connectivity index is 2.26. The molecule has 94 valence electrons. The van der Waals surface area contributed by atoms with Crippen molar-refractivity contribution < 1.29 is 23.8 Å². The van der Waals surface area contributed by atoms with Gasteiger partial charge in [0.15, 0.2) is 0 Å². The summed E-state index contributed by atoms with van der Waals surface area (Å²) in [6, 6.07) is 9.20. The van der Waals surface area contributed by atoms with E-state index in [9.17, 15) is 4.79 Å². The lowest BCUT2D eigenvalue weighted by Crippen LogP contribution is -2.33. The first kappa shape index (κ1) is 13.9. The van der Waals surface area contributed by atoms with Crippen LogP contribution in [-0.4, -0.2) is 22.1 Å². The van der Waals surface area contributed by atoms with Gasteiger partial charge in [-0.25, -0.2) is 4.79 Å². The molecule has 0 bridgehead atoms. The highest BCUT2D eigenvalue weighted by atomic mass is 31.2. The standard InChI is InChI=1S/C10H14NO5P/c1-8(16-17(13)14)11-10(12)15-7-9-5-3-2-4-6-9/h2-6,8,13-14H,7H2,1H3,(H,11,12). The van der Waals surface area contributed by atoms with Crippen molar-refractivity contribution in [3.05, 3.63) is 35.9 Å². The summed E-state index contributed by atoms with van der Waals surface area (Å²) < 4.78 is 9.43. The molecule has 1 amide bonds. The molecule has 0 spiro atoms. The van der Waals surface area contributed by atoms with E-state index < -0.39 is 20.9 Å². The fourth-order valence-electron chi connectivity index (χ4n) is 1.10. The third-order valence-electron chi connectivity index (χ3n) is 1.79. The minimum atomic E-state index is -2.49. The predicted octanol–water partition coefficient (Wildman–Crippen LogP) is 1.49. The van der Waals surface area contributed by atoms with Gasteiger partial charge in [0.1, 0.15) is 12.8 Å². The molecule has 0 aliphatic heterocycles. The normalized spacial score (nSPS) is 12.2. The first-order chi connectivity index (χ1) is 8.08. The summed E-state index contributed by atoms with van der Waals surface area (Å²) in [7, 11) is -2.49. The van der Waals surface area contributed by atoms with E-state index in [1.54, 1.807) is 0 Å². The molecule has 1 rings (SSSR count). The average molecular weight is 259 g/mol. The van der Waals surface area contributed by atoms with Crippen molar-refractivity contribution in [3.63, 3.8) is 0 Å². The number of carbonyl (C=O) groups excluding carboxylic acids is 1. The Hall–Kier alpha value is -1.20. The highest BCUT2D eigenvalue weighted by molar-refractivity contribution is 7.39. The van der Waals surface area contributed by atoms with Crippen LogP contribution in [0.3, 0.4) is 0 Å². The molecule has 0 saturated heterocycles. The molecule has 0 aliphatic rings. The van der Waals surface area contributed by atoms with Gasteiger partial charge in [0.25, 0.3) is 0 Å². The summed E-state index contributed by atoms with van der Waals surface area (Å²) >= 11 is 0. The smallest absolute Gasteiger partial charge is 0.409 e. The molecular formula is C10H14NO5P. The molecule has 7 heteroatoms. The second kappa shape index (κ2) is 7.19.